The zero-order valence-electron chi connectivity index (χ0n) is 10.3. The first-order chi connectivity index (χ1) is 7.42. The standard InChI is InChI=1S/C9H7.C2H5O.CH3.2ClH.O.H2Si.Zr/c1-2-5-9-7-3-6-8(9)4-1;1-2-3;;;;;;/h1-7H;3H,1-2H2;1H3;2*1H;;1H2;. The van der Waals surface area contributed by atoms with E-state index >= 15 is 0 Å². The van der Waals surface area contributed by atoms with Crippen LogP contribution in [0.15, 0.2) is 30.3 Å². The molecule has 0 radical (unpaired) electrons. The predicted octanol–water partition coefficient (Wildman–Crippen LogP) is 2.64. The van der Waals surface area contributed by atoms with Gasteiger partial charge in [0.15, 0.2) is 0 Å². The van der Waals surface area contributed by atoms with Crippen molar-refractivity contribution in [2.24, 2.45) is 0 Å². The van der Waals surface area contributed by atoms with Gasteiger partial charge in [0.25, 0.3) is 0 Å². The van der Waals surface area contributed by atoms with E-state index in [0.717, 1.165) is 0 Å². The van der Waals surface area contributed by atoms with Crippen LogP contribution in [0, 0.1) is 0 Å². The maximum absolute atomic E-state index is 13.1. The summed E-state index contributed by atoms with van der Waals surface area (Å²) >= 11 is -3.98. The van der Waals surface area contributed by atoms with Gasteiger partial charge in [-0.1, -0.05) is 0 Å². The van der Waals surface area contributed by atoms with Gasteiger partial charge in [-0.2, -0.15) is 0 Å². The predicted molar refractivity (Wildman–Crippen MR) is 79.7 cm³/mol. The fraction of sp³-hybridized carbons (Fsp3) is 0.333. The number of hydrogen-bond donors (Lipinski definition) is 1. The summed E-state index contributed by atoms with van der Waals surface area (Å²) in [5, 5.41) is 9.11. The molecule has 1 N–H and O–H groups in total. The third-order valence-corrected chi connectivity index (χ3v) is 17.6. The molecule has 0 aliphatic heterocycles. The van der Waals surface area contributed by atoms with Gasteiger partial charge in [-0.05, 0) is 0 Å². The molecule has 1 unspecified atom stereocenters. The summed E-state index contributed by atoms with van der Waals surface area (Å²) in [5.74, 6) is 0. The van der Waals surface area contributed by atoms with Crippen LogP contribution in [0.2, 0.25) is 8.76 Å². The van der Waals surface area contributed by atoms with Gasteiger partial charge < -0.3 is 0 Å². The Labute approximate surface area is 123 Å². The number of aliphatic hydroxyl groups is 1. The monoisotopic (exact) mass is 383 g/mol. The average molecular weight is 385 g/mol. The molecule has 6 heteroatoms. The van der Waals surface area contributed by atoms with E-state index in [9.17, 15) is 2.81 Å². The number of fused-ring (bicyclic) bond motifs is 1. The van der Waals surface area contributed by atoms with Crippen LogP contribution in [0.1, 0.15) is 14.8 Å². The molecule has 0 bridgehead atoms. The average Bonchev–Trinajstić information content (AvgIpc) is 2.60. The third kappa shape index (κ3) is 3.49. The fourth-order valence-corrected chi connectivity index (χ4v) is 12.1. The molecule has 0 heterocycles. The minimum absolute atomic E-state index is 0. The van der Waals surface area contributed by atoms with E-state index in [1.807, 2.05) is 16.8 Å². The number of allylic oxidation sites excluding steroid dienone is 1. The molecule has 2 rings (SSSR count). The van der Waals surface area contributed by atoms with E-state index in [4.69, 9.17) is 5.11 Å². The Kier molecular flexibility index (Phi) is 6.37. The Morgan fingerprint density at radius 1 is 1.33 bits per heavy atom. The number of rotatable bonds is 3. The van der Waals surface area contributed by atoms with Crippen molar-refractivity contribution in [3.8, 4) is 0 Å². The summed E-state index contributed by atoms with van der Waals surface area (Å²) in [4.78, 5) is 0. The van der Waals surface area contributed by atoms with Crippen molar-refractivity contribution < 1.29 is 25.3 Å². The quantitative estimate of drug-likeness (QED) is 0.813. The van der Waals surface area contributed by atoms with E-state index < -0.39 is 17.4 Å². The minimum atomic E-state index is -3.98. The van der Waals surface area contributed by atoms with Crippen LogP contribution in [0.5, 0.6) is 0 Å². The summed E-state index contributed by atoms with van der Waals surface area (Å²) in [7, 11) is 0. The molecule has 1 aromatic rings. The number of benzene rings is 1. The third-order valence-electron chi connectivity index (χ3n) is 3.46. The van der Waals surface area contributed by atoms with Gasteiger partial charge in [-0.15, -0.1) is 24.8 Å². The van der Waals surface area contributed by atoms with Crippen LogP contribution in [0.3, 0.4) is 0 Å². The maximum atomic E-state index is 13.1. The summed E-state index contributed by atoms with van der Waals surface area (Å²) in [6.07, 6.45) is 4.12. The summed E-state index contributed by atoms with van der Waals surface area (Å²) < 4.78 is 15.5. The topological polar surface area (TPSA) is 37.3 Å². The van der Waals surface area contributed by atoms with Crippen LogP contribution in [-0.2, 0) is 20.2 Å². The first-order valence-electron chi connectivity index (χ1n) is 5.59. The number of halogens is 2. The number of aliphatic hydroxyl groups excluding tert-OH is 1. The number of hydrogen-bond acceptors (Lipinski definition) is 2. The van der Waals surface area contributed by atoms with E-state index in [1.54, 1.807) is 6.88 Å². The van der Waals surface area contributed by atoms with Crippen molar-refractivity contribution in [1.82, 2.24) is 0 Å². The molecule has 0 fully saturated rings. The van der Waals surface area contributed by atoms with Crippen molar-refractivity contribution in [2.45, 2.75) is 12.4 Å². The van der Waals surface area contributed by atoms with Crippen LogP contribution in [-0.4, -0.2) is 18.6 Å². The van der Waals surface area contributed by atoms with Crippen LogP contribution in [0.25, 0.3) is 6.08 Å². The van der Waals surface area contributed by atoms with Crippen molar-refractivity contribution in [1.29, 1.82) is 0 Å². The fourth-order valence-electron chi connectivity index (χ4n) is 2.42. The molecule has 0 amide bonds. The van der Waals surface area contributed by atoms with Crippen LogP contribution in [0.4, 0.5) is 0 Å². The zero-order chi connectivity index (χ0) is 11.8. The first kappa shape index (κ1) is 18.4. The SMILES string of the molecule is Cl.Cl.[CH3][Zr](=[O])(=[SiH2])([CH2]CO)[CH]1C=Cc2ccccc21. The zero-order valence-corrected chi connectivity index (χ0v) is 15.8. The molecule has 2 nitrogen and oxygen atoms in total. The van der Waals surface area contributed by atoms with Crippen LogP contribution >= 0.6 is 24.8 Å². The molecular formula is C12H19Cl2O2SiZr. The van der Waals surface area contributed by atoms with E-state index in [1.165, 1.54) is 11.1 Å². The molecule has 18 heavy (non-hydrogen) atoms. The van der Waals surface area contributed by atoms with Crippen molar-refractivity contribution >= 4 is 37.8 Å². The van der Waals surface area contributed by atoms with Gasteiger partial charge in [0.2, 0.25) is 0 Å². The molecule has 1 aromatic carbocycles. The van der Waals surface area contributed by atoms with Gasteiger partial charge in [-0.25, -0.2) is 0 Å². The van der Waals surface area contributed by atoms with E-state index in [-0.39, 0.29) is 35.0 Å². The van der Waals surface area contributed by atoms with Gasteiger partial charge >= 0.3 is 98.7 Å². The molecule has 0 spiro atoms. The molecule has 0 saturated heterocycles. The second-order valence-electron chi connectivity index (χ2n) is 5.20. The molecule has 101 valence electrons. The summed E-state index contributed by atoms with van der Waals surface area (Å²) in [6.45, 7) is 1.69. The Morgan fingerprint density at radius 3 is 2.56 bits per heavy atom. The first-order valence-corrected chi connectivity index (χ1v) is 18.1. The summed E-state index contributed by atoms with van der Waals surface area (Å²) in [5.41, 5.74) is 2.35. The van der Waals surface area contributed by atoms with Crippen molar-refractivity contribution in [2.75, 3.05) is 6.61 Å². The molecule has 1 atom stereocenters. The Bertz CT molecular complexity index is 577. The Balaban J connectivity index is 0.00000144. The van der Waals surface area contributed by atoms with Gasteiger partial charge in [0.1, 0.15) is 0 Å². The molecule has 0 aromatic heterocycles. The van der Waals surface area contributed by atoms with Gasteiger partial charge in [0.05, 0.1) is 0 Å². The van der Waals surface area contributed by atoms with Gasteiger partial charge in [0, 0.05) is 0 Å². The molecule has 1 aliphatic rings. The molecule has 1 aliphatic carbocycles. The van der Waals surface area contributed by atoms with Gasteiger partial charge in [-0.3, -0.25) is 0 Å². The second-order valence-corrected chi connectivity index (χ2v) is 30.4. The van der Waals surface area contributed by atoms with E-state index in [0.29, 0.717) is 4.13 Å². The van der Waals surface area contributed by atoms with Crippen LogP contribution < -0.4 is 0 Å². The van der Waals surface area contributed by atoms with Crippen molar-refractivity contribution in [3.63, 3.8) is 0 Å². The van der Waals surface area contributed by atoms with E-state index in [2.05, 4.69) is 24.3 Å². The summed E-state index contributed by atoms with van der Waals surface area (Å²) in [6, 6.07) is 8.10. The second kappa shape index (κ2) is 6.23. The van der Waals surface area contributed by atoms with Crippen molar-refractivity contribution in [3.05, 3.63) is 41.5 Å². The Hall–Kier alpha value is 0.400. The molecule has 0 saturated carbocycles. The molecular weight excluding hydrogens is 366 g/mol. The normalized spacial score (nSPS) is 17.6. The Morgan fingerprint density at radius 2 is 1.94 bits per heavy atom.